The fourth-order valence-corrected chi connectivity index (χ4v) is 4.77. The summed E-state index contributed by atoms with van der Waals surface area (Å²) in [7, 11) is 0. The molecule has 2 aliphatic heterocycles. The Bertz CT molecular complexity index is 957. The van der Waals surface area contributed by atoms with E-state index in [0.29, 0.717) is 11.1 Å². The number of pyridine rings is 1. The lowest BCUT2D eigenvalue weighted by Gasteiger charge is -2.41. The number of aromatic amines is 1. The molecular formula is C22H26ClN5O. The van der Waals surface area contributed by atoms with Gasteiger partial charge < -0.3 is 19.9 Å². The zero-order valence-corrected chi connectivity index (χ0v) is 17.1. The summed E-state index contributed by atoms with van der Waals surface area (Å²) < 4.78 is 0. The van der Waals surface area contributed by atoms with Crippen molar-refractivity contribution in [1.29, 1.82) is 0 Å². The number of H-pyrrole nitrogens is 1. The van der Waals surface area contributed by atoms with Gasteiger partial charge in [-0.2, -0.15) is 0 Å². The molecule has 4 heterocycles. The molecule has 0 amide bonds. The molecule has 2 fully saturated rings. The van der Waals surface area contributed by atoms with Crippen molar-refractivity contribution in [2.75, 3.05) is 31.1 Å². The molecule has 0 radical (unpaired) electrons. The third-order valence-electron chi connectivity index (χ3n) is 6.29. The number of nitrogens with one attached hydrogen (secondary N) is 1. The second kappa shape index (κ2) is 7.94. The maximum Gasteiger partial charge on any atom is 0.140 e. The van der Waals surface area contributed by atoms with E-state index in [1.165, 1.54) is 0 Å². The van der Waals surface area contributed by atoms with E-state index in [4.69, 9.17) is 16.6 Å². The maximum absolute atomic E-state index is 9.74. The lowest BCUT2D eigenvalue weighted by Crippen LogP contribution is -2.48. The molecule has 0 bridgehead atoms. The fraction of sp³-hybridized carbons (Fsp3) is 0.455. The summed E-state index contributed by atoms with van der Waals surface area (Å²) >= 11 is 6.47. The number of likely N-dealkylation sites (tertiary alicyclic amines) is 1. The Morgan fingerprint density at radius 1 is 1.03 bits per heavy atom. The van der Waals surface area contributed by atoms with Crippen molar-refractivity contribution < 1.29 is 5.11 Å². The minimum atomic E-state index is -0.110. The van der Waals surface area contributed by atoms with Crippen molar-refractivity contribution in [2.45, 2.75) is 37.8 Å². The summed E-state index contributed by atoms with van der Waals surface area (Å²) in [6.07, 6.45) is 5.68. The van der Waals surface area contributed by atoms with E-state index in [1.807, 2.05) is 24.3 Å². The molecule has 3 aromatic rings. The summed E-state index contributed by atoms with van der Waals surface area (Å²) in [5.74, 6) is 1.74. The van der Waals surface area contributed by atoms with E-state index in [2.05, 4.69) is 25.8 Å². The smallest absolute Gasteiger partial charge is 0.140 e. The normalized spacial score (nSPS) is 19.9. The summed E-state index contributed by atoms with van der Waals surface area (Å²) in [6.45, 7) is 4.00. The van der Waals surface area contributed by atoms with Crippen LogP contribution in [0.4, 0.5) is 5.82 Å². The van der Waals surface area contributed by atoms with Crippen LogP contribution in [0.3, 0.4) is 0 Å². The number of anilines is 1. The molecule has 2 aromatic heterocycles. The van der Waals surface area contributed by atoms with Crippen molar-refractivity contribution in [3.63, 3.8) is 0 Å². The largest absolute Gasteiger partial charge is 0.393 e. The Labute approximate surface area is 175 Å². The molecule has 0 unspecified atom stereocenters. The first-order valence-electron chi connectivity index (χ1n) is 10.4. The van der Waals surface area contributed by atoms with Crippen LogP contribution in [0.25, 0.3) is 22.4 Å². The number of nitrogens with zero attached hydrogens (tertiary/aromatic N) is 4. The average Bonchev–Trinajstić information content (AvgIpc) is 3.19. The zero-order valence-electron chi connectivity index (χ0n) is 16.4. The van der Waals surface area contributed by atoms with E-state index in [1.54, 1.807) is 6.20 Å². The molecule has 29 heavy (non-hydrogen) atoms. The van der Waals surface area contributed by atoms with Crippen LogP contribution >= 0.6 is 11.6 Å². The van der Waals surface area contributed by atoms with Crippen LogP contribution in [0.1, 0.15) is 25.7 Å². The van der Waals surface area contributed by atoms with Crippen molar-refractivity contribution in [3.05, 3.63) is 41.6 Å². The van der Waals surface area contributed by atoms with E-state index >= 15 is 0 Å². The van der Waals surface area contributed by atoms with Gasteiger partial charge in [0, 0.05) is 44.0 Å². The first kappa shape index (κ1) is 18.9. The first-order valence-corrected chi connectivity index (χ1v) is 10.8. The number of hydrogen-bond donors (Lipinski definition) is 2. The van der Waals surface area contributed by atoms with Crippen LogP contribution in [-0.4, -0.2) is 63.3 Å². The number of imidazole rings is 1. The number of halogens is 1. The number of aliphatic hydroxyl groups is 1. The minimum Gasteiger partial charge on any atom is -0.393 e. The van der Waals surface area contributed by atoms with E-state index < -0.39 is 0 Å². The van der Waals surface area contributed by atoms with Gasteiger partial charge in [-0.1, -0.05) is 23.7 Å². The Kier molecular flexibility index (Phi) is 5.16. The third-order valence-corrected chi connectivity index (χ3v) is 6.59. The number of aromatic nitrogens is 3. The highest BCUT2D eigenvalue weighted by molar-refractivity contribution is 6.33. The first-order chi connectivity index (χ1) is 14.2. The summed E-state index contributed by atoms with van der Waals surface area (Å²) in [4.78, 5) is 17.6. The van der Waals surface area contributed by atoms with E-state index in [0.717, 1.165) is 80.1 Å². The van der Waals surface area contributed by atoms with Gasteiger partial charge in [-0.3, -0.25) is 0 Å². The molecule has 0 saturated carbocycles. The lowest BCUT2D eigenvalue weighted by atomic mass is 9.99. The maximum atomic E-state index is 9.74. The third kappa shape index (κ3) is 3.84. The Hall–Kier alpha value is -2.15. The van der Waals surface area contributed by atoms with Gasteiger partial charge in [0.1, 0.15) is 11.6 Å². The minimum absolute atomic E-state index is 0.110. The standard InChI is InChI=1S/C22H26ClN5O/c23-18-14-24-21(13-17(18)22-25-19-3-1-2-4-20(19)26-22)28-9-5-15(6-10-28)27-11-7-16(29)8-12-27/h1-4,13-16,29H,5-12H2,(H,25,26). The number of hydrogen-bond acceptors (Lipinski definition) is 5. The molecule has 5 rings (SSSR count). The number of aliphatic hydroxyl groups excluding tert-OH is 1. The van der Waals surface area contributed by atoms with Crippen LogP contribution in [0.15, 0.2) is 36.5 Å². The molecule has 6 nitrogen and oxygen atoms in total. The second-order valence-corrected chi connectivity index (χ2v) is 8.52. The SMILES string of the molecule is OC1CCN(C2CCN(c3cc(-c4nc5ccccc5[nH]4)c(Cl)cn3)CC2)CC1. The van der Waals surface area contributed by atoms with Gasteiger partial charge in [0.2, 0.25) is 0 Å². The molecule has 152 valence electrons. The van der Waals surface area contributed by atoms with E-state index in [9.17, 15) is 5.11 Å². The molecule has 2 aliphatic rings. The van der Waals surface area contributed by atoms with Gasteiger partial charge in [0.15, 0.2) is 0 Å². The number of para-hydroxylation sites is 2. The monoisotopic (exact) mass is 411 g/mol. The molecule has 0 spiro atoms. The summed E-state index contributed by atoms with van der Waals surface area (Å²) in [5.41, 5.74) is 2.83. The molecule has 2 saturated heterocycles. The molecule has 2 N–H and O–H groups in total. The Morgan fingerprint density at radius 2 is 1.79 bits per heavy atom. The predicted molar refractivity (Wildman–Crippen MR) is 116 cm³/mol. The van der Waals surface area contributed by atoms with Gasteiger partial charge in [0.05, 0.1) is 22.2 Å². The Balaban J connectivity index is 1.31. The van der Waals surface area contributed by atoms with Crippen LogP contribution < -0.4 is 4.90 Å². The van der Waals surface area contributed by atoms with Crippen LogP contribution in [0.5, 0.6) is 0 Å². The lowest BCUT2D eigenvalue weighted by molar-refractivity contribution is 0.0542. The van der Waals surface area contributed by atoms with Gasteiger partial charge in [-0.15, -0.1) is 0 Å². The van der Waals surface area contributed by atoms with Crippen molar-refractivity contribution in [2.24, 2.45) is 0 Å². The van der Waals surface area contributed by atoms with Crippen LogP contribution in [-0.2, 0) is 0 Å². The summed E-state index contributed by atoms with van der Waals surface area (Å²) in [6, 6.07) is 10.7. The van der Waals surface area contributed by atoms with Crippen molar-refractivity contribution in [1.82, 2.24) is 19.9 Å². The molecule has 1 aromatic carbocycles. The van der Waals surface area contributed by atoms with Gasteiger partial charge >= 0.3 is 0 Å². The van der Waals surface area contributed by atoms with Crippen LogP contribution in [0, 0.1) is 0 Å². The quantitative estimate of drug-likeness (QED) is 0.687. The molecular weight excluding hydrogens is 386 g/mol. The van der Waals surface area contributed by atoms with E-state index in [-0.39, 0.29) is 6.10 Å². The van der Waals surface area contributed by atoms with Gasteiger partial charge in [0.25, 0.3) is 0 Å². The number of fused-ring (bicyclic) bond motifs is 1. The fourth-order valence-electron chi connectivity index (χ4n) is 4.57. The highest BCUT2D eigenvalue weighted by Crippen LogP contribution is 2.31. The topological polar surface area (TPSA) is 68.3 Å². The van der Waals surface area contributed by atoms with Crippen LogP contribution in [0.2, 0.25) is 5.02 Å². The highest BCUT2D eigenvalue weighted by atomic mass is 35.5. The average molecular weight is 412 g/mol. The molecule has 0 aliphatic carbocycles. The van der Waals surface area contributed by atoms with Gasteiger partial charge in [-0.05, 0) is 43.9 Å². The van der Waals surface area contributed by atoms with Crippen molar-refractivity contribution >= 4 is 28.5 Å². The molecule has 0 atom stereocenters. The van der Waals surface area contributed by atoms with Crippen molar-refractivity contribution in [3.8, 4) is 11.4 Å². The number of piperidine rings is 2. The zero-order chi connectivity index (χ0) is 19.8. The molecule has 7 heteroatoms. The number of rotatable bonds is 3. The summed E-state index contributed by atoms with van der Waals surface area (Å²) in [5, 5.41) is 10.3. The highest BCUT2D eigenvalue weighted by Gasteiger charge is 2.28. The van der Waals surface area contributed by atoms with Gasteiger partial charge in [-0.25, -0.2) is 9.97 Å². The predicted octanol–water partition coefficient (Wildman–Crippen LogP) is 3.70. The Morgan fingerprint density at radius 3 is 2.55 bits per heavy atom. The second-order valence-electron chi connectivity index (χ2n) is 8.11. The number of benzene rings is 1.